The van der Waals surface area contributed by atoms with E-state index < -0.39 is 17.6 Å². The van der Waals surface area contributed by atoms with Crippen LogP contribution in [0, 0.1) is 13.8 Å². The lowest BCUT2D eigenvalue weighted by Gasteiger charge is -2.33. The van der Waals surface area contributed by atoms with Gasteiger partial charge in [0, 0.05) is 29.8 Å². The third kappa shape index (κ3) is 10.0. The largest absolute Gasteiger partial charge is 0.416 e. The number of halogens is 3. The molecular weight excluding hydrogens is 545 g/mol. The molecule has 1 aliphatic carbocycles. The van der Waals surface area contributed by atoms with E-state index in [1.165, 1.54) is 28.8 Å². The molecule has 0 aliphatic heterocycles. The number of nitrogens with one attached hydrogen (secondary N) is 3. The maximum absolute atomic E-state index is 12.9. The summed E-state index contributed by atoms with van der Waals surface area (Å²) in [5.41, 5.74) is 8.13. The molecule has 0 unspecified atom stereocenters. The topological polar surface area (TPSA) is 113 Å². The predicted molar refractivity (Wildman–Crippen MR) is 156 cm³/mol. The van der Waals surface area contributed by atoms with Gasteiger partial charge >= 0.3 is 6.18 Å². The highest BCUT2D eigenvalue weighted by atomic mass is 19.4. The quantitative estimate of drug-likeness (QED) is 0.298. The van der Waals surface area contributed by atoms with E-state index in [1.54, 1.807) is 24.3 Å². The molecule has 3 amide bonds. The van der Waals surface area contributed by atoms with E-state index in [0.717, 1.165) is 37.8 Å². The van der Waals surface area contributed by atoms with E-state index >= 15 is 0 Å². The molecule has 2 atom stereocenters. The van der Waals surface area contributed by atoms with Crippen LogP contribution in [0.25, 0.3) is 0 Å². The number of hydrogen-bond donors (Lipinski definition) is 4. The number of aryl methyl sites for hydroxylation is 2. The highest BCUT2D eigenvalue weighted by Gasteiger charge is 2.31. The van der Waals surface area contributed by atoms with E-state index in [9.17, 15) is 27.6 Å². The standard InChI is InChI=1S/C25H30F3N3O2.C7H7NO/c1-16-10-11-19(17(2)12-16)14-29-21-8-3-4-9-22(21)31-23(32)15-30-24(33)18-6-5-7-20(13-18)25(26,27)28;8-7(9)6-4-2-1-3-5-6/h5-7,10-13,21-22,29H,3-4,8-9,14-15H2,1-2H3,(H,30,33)(H,31,32);1-5H,(H2,8,9)/t21-,22+;/m0./s1. The second kappa shape index (κ2) is 15.2. The van der Waals surface area contributed by atoms with Gasteiger partial charge in [0.2, 0.25) is 11.8 Å². The third-order valence-corrected chi connectivity index (χ3v) is 7.09. The van der Waals surface area contributed by atoms with Crippen molar-refractivity contribution >= 4 is 17.7 Å². The second-order valence-corrected chi connectivity index (χ2v) is 10.4. The number of benzene rings is 3. The fourth-order valence-corrected chi connectivity index (χ4v) is 4.79. The molecule has 10 heteroatoms. The Morgan fingerprint density at radius 3 is 2.14 bits per heavy atom. The second-order valence-electron chi connectivity index (χ2n) is 10.4. The maximum atomic E-state index is 12.9. The molecule has 0 bridgehead atoms. The minimum Gasteiger partial charge on any atom is -0.366 e. The van der Waals surface area contributed by atoms with E-state index in [0.29, 0.717) is 12.1 Å². The monoisotopic (exact) mass is 582 g/mol. The molecular formula is C32H37F3N4O3. The van der Waals surface area contributed by atoms with Crippen LogP contribution in [0.3, 0.4) is 0 Å². The summed E-state index contributed by atoms with van der Waals surface area (Å²) in [6.07, 6.45) is -0.690. The van der Waals surface area contributed by atoms with Crippen LogP contribution in [0.4, 0.5) is 13.2 Å². The summed E-state index contributed by atoms with van der Waals surface area (Å²) in [6, 6.07) is 19.3. The average Bonchev–Trinajstić information content (AvgIpc) is 2.96. The van der Waals surface area contributed by atoms with Crippen molar-refractivity contribution in [2.75, 3.05) is 6.54 Å². The van der Waals surface area contributed by atoms with Crippen LogP contribution >= 0.6 is 0 Å². The zero-order chi connectivity index (χ0) is 30.7. The zero-order valence-electron chi connectivity index (χ0n) is 23.8. The molecule has 0 radical (unpaired) electrons. The van der Waals surface area contributed by atoms with Gasteiger partial charge in [0.05, 0.1) is 12.1 Å². The molecule has 0 heterocycles. The van der Waals surface area contributed by atoms with Crippen molar-refractivity contribution in [1.82, 2.24) is 16.0 Å². The number of alkyl halides is 3. The number of primary amides is 1. The van der Waals surface area contributed by atoms with Gasteiger partial charge in [-0.15, -0.1) is 0 Å². The van der Waals surface area contributed by atoms with E-state index in [4.69, 9.17) is 5.73 Å². The Labute approximate surface area is 244 Å². The molecule has 0 saturated heterocycles. The molecule has 1 fully saturated rings. The average molecular weight is 583 g/mol. The van der Waals surface area contributed by atoms with Gasteiger partial charge in [-0.05, 0) is 68.1 Å². The van der Waals surface area contributed by atoms with Crippen LogP contribution in [-0.2, 0) is 17.5 Å². The third-order valence-electron chi connectivity index (χ3n) is 7.09. The lowest BCUT2D eigenvalue weighted by Crippen LogP contribution is -2.53. The maximum Gasteiger partial charge on any atom is 0.416 e. The highest BCUT2D eigenvalue weighted by molar-refractivity contribution is 5.96. The molecule has 5 N–H and O–H groups in total. The van der Waals surface area contributed by atoms with Gasteiger partial charge in [0.1, 0.15) is 0 Å². The smallest absolute Gasteiger partial charge is 0.366 e. The van der Waals surface area contributed by atoms with Crippen molar-refractivity contribution in [3.05, 3.63) is 106 Å². The van der Waals surface area contributed by atoms with Crippen LogP contribution in [0.15, 0.2) is 72.8 Å². The van der Waals surface area contributed by atoms with Crippen LogP contribution in [0.2, 0.25) is 0 Å². The minimum atomic E-state index is -4.53. The van der Waals surface area contributed by atoms with Gasteiger partial charge in [0.15, 0.2) is 0 Å². The first-order valence-electron chi connectivity index (χ1n) is 13.8. The summed E-state index contributed by atoms with van der Waals surface area (Å²) < 4.78 is 38.6. The number of hydrogen-bond acceptors (Lipinski definition) is 4. The molecule has 1 aliphatic rings. The summed E-state index contributed by atoms with van der Waals surface area (Å²) in [4.78, 5) is 35.1. The molecule has 7 nitrogen and oxygen atoms in total. The van der Waals surface area contributed by atoms with E-state index in [-0.39, 0.29) is 36.0 Å². The SMILES string of the molecule is Cc1ccc(CN[C@H]2CCCC[C@H]2NC(=O)CNC(=O)c2cccc(C(F)(F)F)c2)c(C)c1.NC(=O)c1ccccc1. The molecule has 3 aromatic rings. The lowest BCUT2D eigenvalue weighted by atomic mass is 9.90. The van der Waals surface area contributed by atoms with Gasteiger partial charge in [-0.2, -0.15) is 13.2 Å². The summed E-state index contributed by atoms with van der Waals surface area (Å²) in [6.45, 7) is 4.55. The van der Waals surface area contributed by atoms with Crippen molar-refractivity contribution in [2.45, 2.75) is 64.3 Å². The summed E-state index contributed by atoms with van der Waals surface area (Å²) in [5, 5.41) is 8.95. The fourth-order valence-electron chi connectivity index (χ4n) is 4.79. The van der Waals surface area contributed by atoms with Gasteiger partial charge in [-0.1, -0.05) is 60.9 Å². The fraction of sp³-hybridized carbons (Fsp3) is 0.344. The molecule has 4 rings (SSSR count). The van der Waals surface area contributed by atoms with Crippen LogP contribution < -0.4 is 21.7 Å². The Bertz CT molecular complexity index is 1360. The number of carbonyl (C=O) groups excluding carboxylic acids is 3. The molecule has 224 valence electrons. The molecule has 1 saturated carbocycles. The molecule has 0 spiro atoms. The van der Waals surface area contributed by atoms with Crippen molar-refractivity contribution in [3.8, 4) is 0 Å². The summed E-state index contributed by atoms with van der Waals surface area (Å²) in [7, 11) is 0. The van der Waals surface area contributed by atoms with Crippen LogP contribution in [-0.4, -0.2) is 36.3 Å². The van der Waals surface area contributed by atoms with E-state index in [1.807, 2.05) is 6.07 Å². The van der Waals surface area contributed by atoms with Crippen molar-refractivity contribution in [2.24, 2.45) is 5.73 Å². The Kier molecular flexibility index (Phi) is 11.7. The van der Waals surface area contributed by atoms with E-state index in [2.05, 4.69) is 48.0 Å². The Balaban J connectivity index is 0.000000458. The first-order chi connectivity index (χ1) is 19.9. The number of rotatable bonds is 8. The molecule has 0 aromatic heterocycles. The van der Waals surface area contributed by atoms with Crippen molar-refractivity contribution in [3.63, 3.8) is 0 Å². The van der Waals surface area contributed by atoms with Gasteiger partial charge in [0.25, 0.3) is 5.91 Å². The normalized spacial score (nSPS) is 16.5. The zero-order valence-corrected chi connectivity index (χ0v) is 23.8. The first-order valence-corrected chi connectivity index (χ1v) is 13.8. The Morgan fingerprint density at radius 2 is 1.52 bits per heavy atom. The molecule has 3 aromatic carbocycles. The van der Waals surface area contributed by atoms with Gasteiger partial charge in [-0.3, -0.25) is 14.4 Å². The minimum absolute atomic E-state index is 0.0672. The first kappa shape index (κ1) is 32.3. The Morgan fingerprint density at radius 1 is 0.857 bits per heavy atom. The van der Waals surface area contributed by atoms with Crippen molar-refractivity contribution in [1.29, 1.82) is 0 Å². The summed E-state index contributed by atoms with van der Waals surface area (Å²) in [5.74, 6) is -1.46. The molecule has 42 heavy (non-hydrogen) atoms. The predicted octanol–water partition coefficient (Wildman–Crippen LogP) is 5.05. The van der Waals surface area contributed by atoms with Gasteiger partial charge < -0.3 is 21.7 Å². The lowest BCUT2D eigenvalue weighted by molar-refractivity contribution is -0.137. The van der Waals surface area contributed by atoms with Crippen LogP contribution in [0.1, 0.15) is 68.7 Å². The number of amides is 3. The highest BCUT2D eigenvalue weighted by Crippen LogP contribution is 2.29. The number of carbonyl (C=O) groups is 3. The summed E-state index contributed by atoms with van der Waals surface area (Å²) >= 11 is 0. The van der Waals surface area contributed by atoms with Gasteiger partial charge in [-0.25, -0.2) is 0 Å². The number of nitrogens with two attached hydrogens (primary N) is 1. The van der Waals surface area contributed by atoms with Crippen molar-refractivity contribution < 1.29 is 27.6 Å². The van der Waals surface area contributed by atoms with Crippen LogP contribution in [0.5, 0.6) is 0 Å². The Hall–Kier alpha value is -4.18.